The molecule has 0 bridgehead atoms. The molecule has 0 saturated carbocycles. The molecule has 0 unspecified atom stereocenters. The number of thioether (sulfide) groups is 1. The fourth-order valence-electron chi connectivity index (χ4n) is 3.85. The van der Waals surface area contributed by atoms with Crippen LogP contribution in [-0.2, 0) is 11.2 Å². The van der Waals surface area contributed by atoms with Crippen LogP contribution in [0.3, 0.4) is 0 Å². The minimum Gasteiger partial charge on any atom is -0.311 e. The summed E-state index contributed by atoms with van der Waals surface area (Å²) in [6.45, 7) is 2.84. The quantitative estimate of drug-likeness (QED) is 0.453. The minimum atomic E-state index is 0.127. The number of anilines is 1. The number of carbonyl (C=O) groups is 1. The summed E-state index contributed by atoms with van der Waals surface area (Å²) < 4.78 is 2.14. The number of para-hydroxylation sites is 3. The summed E-state index contributed by atoms with van der Waals surface area (Å²) in [4.78, 5) is 19.7. The lowest BCUT2D eigenvalue weighted by Gasteiger charge is -2.17. The van der Waals surface area contributed by atoms with Gasteiger partial charge in [0.25, 0.3) is 0 Å². The first-order valence-electron chi connectivity index (χ1n) is 9.76. The van der Waals surface area contributed by atoms with Crippen molar-refractivity contribution in [1.82, 2.24) is 9.55 Å². The van der Waals surface area contributed by atoms with E-state index < -0.39 is 0 Å². The van der Waals surface area contributed by atoms with E-state index in [1.807, 2.05) is 41.3 Å². The number of fused-ring (bicyclic) bond motifs is 2. The molecular weight excluding hydrogens is 378 g/mol. The molecular formula is C24H21N3OS. The van der Waals surface area contributed by atoms with Gasteiger partial charge in [-0.05, 0) is 49.2 Å². The molecule has 1 aliphatic rings. The zero-order chi connectivity index (χ0) is 19.8. The summed E-state index contributed by atoms with van der Waals surface area (Å²) in [5.41, 5.74) is 6.57. The Labute approximate surface area is 174 Å². The van der Waals surface area contributed by atoms with Crippen molar-refractivity contribution in [3.05, 3.63) is 83.9 Å². The molecule has 29 heavy (non-hydrogen) atoms. The second kappa shape index (κ2) is 7.41. The zero-order valence-corrected chi connectivity index (χ0v) is 17.0. The summed E-state index contributed by atoms with van der Waals surface area (Å²) >= 11 is 1.50. The molecule has 1 aromatic heterocycles. The lowest BCUT2D eigenvalue weighted by atomic mass is 10.2. The van der Waals surface area contributed by atoms with E-state index in [9.17, 15) is 4.79 Å². The summed E-state index contributed by atoms with van der Waals surface area (Å²) in [6.07, 6.45) is 0.925. The Bertz CT molecular complexity index is 1200. The summed E-state index contributed by atoms with van der Waals surface area (Å²) in [5.74, 6) is 0.492. The van der Waals surface area contributed by atoms with Crippen LogP contribution in [0.5, 0.6) is 0 Å². The summed E-state index contributed by atoms with van der Waals surface area (Å²) in [7, 11) is 0. The van der Waals surface area contributed by atoms with Gasteiger partial charge in [0.05, 0.1) is 16.8 Å². The molecule has 0 spiro atoms. The van der Waals surface area contributed by atoms with Gasteiger partial charge < -0.3 is 4.90 Å². The maximum absolute atomic E-state index is 13.0. The van der Waals surface area contributed by atoms with E-state index in [1.165, 1.54) is 22.9 Å². The number of carbonyl (C=O) groups excluding carboxylic acids is 1. The number of hydrogen-bond donors (Lipinski definition) is 0. The highest BCUT2D eigenvalue weighted by Crippen LogP contribution is 2.31. The Morgan fingerprint density at radius 3 is 2.62 bits per heavy atom. The van der Waals surface area contributed by atoms with E-state index in [0.29, 0.717) is 5.75 Å². The van der Waals surface area contributed by atoms with Crippen LogP contribution in [0.1, 0.15) is 11.1 Å². The molecule has 5 rings (SSSR count). The number of nitrogens with zero attached hydrogens (tertiary/aromatic N) is 3. The second-order valence-electron chi connectivity index (χ2n) is 7.27. The first-order valence-corrected chi connectivity index (χ1v) is 10.7. The van der Waals surface area contributed by atoms with E-state index in [2.05, 4.69) is 47.9 Å². The molecule has 0 atom stereocenters. The smallest absolute Gasteiger partial charge is 0.237 e. The molecule has 3 aromatic carbocycles. The molecule has 1 amide bonds. The van der Waals surface area contributed by atoms with Gasteiger partial charge in [0, 0.05) is 17.9 Å². The zero-order valence-electron chi connectivity index (χ0n) is 16.2. The van der Waals surface area contributed by atoms with Crippen LogP contribution in [0.4, 0.5) is 5.69 Å². The topological polar surface area (TPSA) is 38.1 Å². The Kier molecular flexibility index (Phi) is 4.60. The minimum absolute atomic E-state index is 0.127. The average Bonchev–Trinajstić information content (AvgIpc) is 3.34. The van der Waals surface area contributed by atoms with Crippen molar-refractivity contribution in [1.29, 1.82) is 0 Å². The average molecular weight is 400 g/mol. The molecule has 0 radical (unpaired) electrons. The number of imidazole rings is 1. The number of aryl methyl sites for hydroxylation is 1. The van der Waals surface area contributed by atoms with E-state index in [4.69, 9.17) is 4.98 Å². The van der Waals surface area contributed by atoms with Crippen molar-refractivity contribution >= 4 is 34.4 Å². The van der Waals surface area contributed by atoms with Crippen LogP contribution in [0.15, 0.2) is 78.0 Å². The van der Waals surface area contributed by atoms with E-state index in [-0.39, 0.29) is 5.91 Å². The van der Waals surface area contributed by atoms with Crippen molar-refractivity contribution in [3.63, 3.8) is 0 Å². The Hall–Kier alpha value is -3.05. The Morgan fingerprint density at radius 1 is 1.00 bits per heavy atom. The second-order valence-corrected chi connectivity index (χ2v) is 8.21. The molecule has 0 fully saturated rings. The predicted octanol–water partition coefficient (Wildman–Crippen LogP) is 5.02. The SMILES string of the molecule is Cc1ccc(-n2c(SCC(=O)N3CCc4ccccc43)nc3ccccc32)cc1. The van der Waals surface area contributed by atoms with Crippen molar-refractivity contribution in [3.8, 4) is 5.69 Å². The van der Waals surface area contributed by atoms with Crippen molar-refractivity contribution in [2.24, 2.45) is 0 Å². The Morgan fingerprint density at radius 2 is 1.76 bits per heavy atom. The lowest BCUT2D eigenvalue weighted by Crippen LogP contribution is -2.30. The summed E-state index contributed by atoms with van der Waals surface area (Å²) in [6, 6.07) is 24.7. The van der Waals surface area contributed by atoms with Gasteiger partial charge in [-0.1, -0.05) is 59.8 Å². The van der Waals surface area contributed by atoms with Gasteiger partial charge >= 0.3 is 0 Å². The highest BCUT2D eigenvalue weighted by molar-refractivity contribution is 7.99. The molecule has 4 nitrogen and oxygen atoms in total. The third kappa shape index (κ3) is 3.32. The van der Waals surface area contributed by atoms with Crippen LogP contribution >= 0.6 is 11.8 Å². The maximum Gasteiger partial charge on any atom is 0.237 e. The van der Waals surface area contributed by atoms with Crippen LogP contribution in [0.25, 0.3) is 16.7 Å². The fraction of sp³-hybridized carbons (Fsp3) is 0.167. The standard InChI is InChI=1S/C24H21N3OS/c1-17-10-12-19(13-11-17)27-22-9-5-3-7-20(22)25-24(27)29-16-23(28)26-15-14-18-6-2-4-8-21(18)26/h2-13H,14-16H2,1H3. The van der Waals surface area contributed by atoms with Gasteiger partial charge in [0.2, 0.25) is 5.91 Å². The number of rotatable bonds is 4. The molecule has 1 aliphatic heterocycles. The molecule has 2 heterocycles. The number of benzene rings is 3. The largest absolute Gasteiger partial charge is 0.311 e. The van der Waals surface area contributed by atoms with E-state index in [0.717, 1.165) is 40.5 Å². The first-order chi connectivity index (χ1) is 14.2. The van der Waals surface area contributed by atoms with E-state index >= 15 is 0 Å². The molecule has 0 saturated heterocycles. The maximum atomic E-state index is 13.0. The van der Waals surface area contributed by atoms with Crippen molar-refractivity contribution < 1.29 is 4.79 Å². The third-order valence-corrected chi connectivity index (χ3v) is 6.26. The molecule has 0 aliphatic carbocycles. The number of amides is 1. The van der Waals surface area contributed by atoms with Crippen LogP contribution in [-0.4, -0.2) is 27.8 Å². The molecule has 5 heteroatoms. The van der Waals surface area contributed by atoms with Crippen molar-refractivity contribution in [2.45, 2.75) is 18.5 Å². The highest BCUT2D eigenvalue weighted by Gasteiger charge is 2.24. The predicted molar refractivity (Wildman–Crippen MR) is 119 cm³/mol. The molecule has 144 valence electrons. The van der Waals surface area contributed by atoms with E-state index in [1.54, 1.807) is 0 Å². The number of aromatic nitrogens is 2. The first kappa shape index (κ1) is 18.0. The lowest BCUT2D eigenvalue weighted by molar-refractivity contribution is -0.116. The van der Waals surface area contributed by atoms with Crippen LogP contribution in [0, 0.1) is 6.92 Å². The molecule has 0 N–H and O–H groups in total. The van der Waals surface area contributed by atoms with Gasteiger partial charge in [0.15, 0.2) is 5.16 Å². The van der Waals surface area contributed by atoms with Gasteiger partial charge in [-0.2, -0.15) is 0 Å². The van der Waals surface area contributed by atoms with Gasteiger partial charge in [0.1, 0.15) is 0 Å². The van der Waals surface area contributed by atoms with Crippen molar-refractivity contribution in [2.75, 3.05) is 17.2 Å². The van der Waals surface area contributed by atoms with Crippen LogP contribution < -0.4 is 4.90 Å². The third-order valence-electron chi connectivity index (χ3n) is 5.34. The van der Waals surface area contributed by atoms with Gasteiger partial charge in [-0.15, -0.1) is 0 Å². The normalized spacial score (nSPS) is 13.1. The molecule has 4 aromatic rings. The monoisotopic (exact) mass is 399 g/mol. The fourth-order valence-corrected chi connectivity index (χ4v) is 4.75. The van der Waals surface area contributed by atoms with Crippen LogP contribution in [0.2, 0.25) is 0 Å². The number of hydrogen-bond acceptors (Lipinski definition) is 3. The summed E-state index contributed by atoms with van der Waals surface area (Å²) in [5, 5.41) is 0.843. The highest BCUT2D eigenvalue weighted by atomic mass is 32.2. The van der Waals surface area contributed by atoms with Gasteiger partial charge in [-0.3, -0.25) is 9.36 Å². The Balaban J connectivity index is 1.44. The van der Waals surface area contributed by atoms with Gasteiger partial charge in [-0.25, -0.2) is 4.98 Å².